The molecule has 0 aliphatic heterocycles. The smallest absolute Gasteiger partial charge is 0.185 e. The topological polar surface area (TPSA) is 64.7 Å². The van der Waals surface area contributed by atoms with E-state index in [0.717, 1.165) is 0 Å². The van der Waals surface area contributed by atoms with Crippen molar-refractivity contribution in [3.8, 4) is 12.1 Å². The molecule has 0 aromatic heterocycles. The summed E-state index contributed by atoms with van der Waals surface area (Å²) in [5.74, 6) is -0.165. The van der Waals surface area contributed by atoms with Crippen LogP contribution in [0.15, 0.2) is 54.6 Å². The van der Waals surface area contributed by atoms with Gasteiger partial charge in [0, 0.05) is 11.1 Å². The van der Waals surface area contributed by atoms with Gasteiger partial charge in [0.15, 0.2) is 5.78 Å². The molecule has 20 heavy (non-hydrogen) atoms. The van der Waals surface area contributed by atoms with E-state index in [1.165, 1.54) is 12.2 Å². The number of benzene rings is 2. The zero-order chi connectivity index (χ0) is 14.4. The van der Waals surface area contributed by atoms with Gasteiger partial charge < -0.3 is 0 Å². The first-order valence-electron chi connectivity index (χ1n) is 5.97. The molecule has 3 heteroatoms. The van der Waals surface area contributed by atoms with E-state index in [1.807, 2.05) is 18.2 Å². The molecule has 0 radical (unpaired) electrons. The van der Waals surface area contributed by atoms with Crippen LogP contribution in [0.2, 0.25) is 0 Å². The summed E-state index contributed by atoms with van der Waals surface area (Å²) in [6.45, 7) is 0. The maximum Gasteiger partial charge on any atom is 0.185 e. The summed E-state index contributed by atoms with van der Waals surface area (Å²) < 4.78 is 0. The van der Waals surface area contributed by atoms with Crippen molar-refractivity contribution < 1.29 is 4.79 Å². The highest BCUT2D eigenvalue weighted by Crippen LogP contribution is 2.16. The van der Waals surface area contributed by atoms with Gasteiger partial charge in [0.25, 0.3) is 0 Å². The molecule has 94 valence electrons. The Morgan fingerprint density at radius 2 is 1.50 bits per heavy atom. The van der Waals surface area contributed by atoms with Gasteiger partial charge in [-0.2, -0.15) is 10.5 Å². The normalized spacial score (nSPS) is 9.90. The van der Waals surface area contributed by atoms with Crippen LogP contribution in [0.4, 0.5) is 0 Å². The van der Waals surface area contributed by atoms with Gasteiger partial charge in [-0.3, -0.25) is 4.79 Å². The second-order valence-corrected chi connectivity index (χ2v) is 4.05. The molecule has 0 heterocycles. The number of hydrogen-bond donors (Lipinski definition) is 0. The Kier molecular flexibility index (Phi) is 4.07. The van der Waals surface area contributed by atoms with Crippen LogP contribution < -0.4 is 0 Å². The maximum absolute atomic E-state index is 12.0. The van der Waals surface area contributed by atoms with Crippen molar-refractivity contribution >= 4 is 11.9 Å². The quantitative estimate of drug-likeness (QED) is 0.626. The van der Waals surface area contributed by atoms with E-state index < -0.39 is 0 Å². The molecule has 3 nitrogen and oxygen atoms in total. The van der Waals surface area contributed by atoms with Crippen molar-refractivity contribution in [2.45, 2.75) is 0 Å². The average molecular weight is 258 g/mol. The number of nitrogens with zero attached hydrogens (tertiary/aromatic N) is 2. The number of carbonyl (C=O) groups is 1. The third kappa shape index (κ3) is 2.80. The van der Waals surface area contributed by atoms with Crippen molar-refractivity contribution in [3.63, 3.8) is 0 Å². The summed E-state index contributed by atoms with van der Waals surface area (Å²) in [6.07, 6.45) is 2.90. The highest BCUT2D eigenvalue weighted by atomic mass is 16.1. The van der Waals surface area contributed by atoms with Gasteiger partial charge in [0.05, 0.1) is 23.3 Å². The van der Waals surface area contributed by atoms with Crippen LogP contribution >= 0.6 is 0 Å². The number of nitriles is 2. The second-order valence-electron chi connectivity index (χ2n) is 4.05. The maximum atomic E-state index is 12.0. The summed E-state index contributed by atoms with van der Waals surface area (Å²) in [5.41, 5.74) is 1.79. The Balaban J connectivity index is 2.36. The Bertz CT molecular complexity index is 715. The lowest BCUT2D eigenvalue weighted by Gasteiger charge is -2.00. The highest BCUT2D eigenvalue weighted by Gasteiger charge is 2.06. The standard InChI is InChI=1S/C17H10N2O/c18-11-14-7-4-8-15(12-19)16(14)9-10-17(20)13-5-2-1-3-6-13/h1-10H/b10-9-. The van der Waals surface area contributed by atoms with Crippen LogP contribution in [-0.4, -0.2) is 5.78 Å². The SMILES string of the molecule is N#Cc1cccc(C#N)c1/C=C\C(=O)c1ccccc1. The van der Waals surface area contributed by atoms with Gasteiger partial charge in [-0.15, -0.1) is 0 Å². The molecule has 0 saturated heterocycles. The lowest BCUT2D eigenvalue weighted by molar-refractivity contribution is 0.104. The molecule has 2 aromatic rings. The van der Waals surface area contributed by atoms with E-state index >= 15 is 0 Å². The minimum absolute atomic E-state index is 0.165. The van der Waals surface area contributed by atoms with Gasteiger partial charge in [0.2, 0.25) is 0 Å². The first-order valence-corrected chi connectivity index (χ1v) is 5.97. The van der Waals surface area contributed by atoms with Crippen molar-refractivity contribution in [2.24, 2.45) is 0 Å². The summed E-state index contributed by atoms with van der Waals surface area (Å²) in [6, 6.07) is 17.8. The van der Waals surface area contributed by atoms with Crippen molar-refractivity contribution in [1.82, 2.24) is 0 Å². The van der Waals surface area contributed by atoms with Crippen molar-refractivity contribution in [1.29, 1.82) is 10.5 Å². The molecule has 0 amide bonds. The molecule has 0 atom stereocenters. The molecule has 2 aromatic carbocycles. The highest BCUT2D eigenvalue weighted by molar-refractivity contribution is 6.07. The van der Waals surface area contributed by atoms with E-state index in [4.69, 9.17) is 10.5 Å². The molecule has 0 aliphatic carbocycles. The first-order chi connectivity index (χ1) is 9.76. The third-order valence-corrected chi connectivity index (χ3v) is 2.81. The predicted octanol–water partition coefficient (Wildman–Crippen LogP) is 3.33. The average Bonchev–Trinajstić information content (AvgIpc) is 2.52. The van der Waals surface area contributed by atoms with Gasteiger partial charge >= 0.3 is 0 Å². The van der Waals surface area contributed by atoms with Gasteiger partial charge in [-0.25, -0.2) is 0 Å². The molecule has 0 N–H and O–H groups in total. The minimum Gasteiger partial charge on any atom is -0.289 e. The molecule has 2 rings (SSSR count). The lowest BCUT2D eigenvalue weighted by Crippen LogP contribution is -1.94. The molecule has 0 bridgehead atoms. The van der Waals surface area contributed by atoms with Crippen LogP contribution in [0.3, 0.4) is 0 Å². The zero-order valence-corrected chi connectivity index (χ0v) is 10.6. The van der Waals surface area contributed by atoms with Crippen LogP contribution in [0.1, 0.15) is 27.0 Å². The summed E-state index contributed by atoms with van der Waals surface area (Å²) in [5, 5.41) is 18.1. The Labute approximate surface area is 117 Å². The molecule has 0 fully saturated rings. The number of allylic oxidation sites excluding steroid dienone is 1. The van der Waals surface area contributed by atoms with Crippen LogP contribution in [0, 0.1) is 22.7 Å². The molecule has 0 aliphatic rings. The van der Waals surface area contributed by atoms with E-state index in [0.29, 0.717) is 22.3 Å². The number of hydrogen-bond acceptors (Lipinski definition) is 3. The number of rotatable bonds is 3. The lowest BCUT2D eigenvalue weighted by atomic mass is 10.0. The van der Waals surface area contributed by atoms with Crippen LogP contribution in [0.25, 0.3) is 6.08 Å². The van der Waals surface area contributed by atoms with Gasteiger partial charge in [-0.1, -0.05) is 36.4 Å². The fourth-order valence-corrected chi connectivity index (χ4v) is 1.80. The van der Waals surface area contributed by atoms with Gasteiger partial charge in [-0.05, 0) is 24.3 Å². The fourth-order valence-electron chi connectivity index (χ4n) is 1.80. The Hall–Kier alpha value is -3.17. The Morgan fingerprint density at radius 1 is 0.900 bits per heavy atom. The fraction of sp³-hybridized carbons (Fsp3) is 0. The van der Waals surface area contributed by atoms with Crippen LogP contribution in [-0.2, 0) is 0 Å². The molecular weight excluding hydrogens is 248 g/mol. The second kappa shape index (κ2) is 6.13. The number of carbonyl (C=O) groups excluding carboxylic acids is 1. The third-order valence-electron chi connectivity index (χ3n) is 2.81. The zero-order valence-electron chi connectivity index (χ0n) is 10.6. The summed E-state index contributed by atoms with van der Waals surface area (Å²) in [4.78, 5) is 12.0. The first kappa shape index (κ1) is 13.3. The van der Waals surface area contributed by atoms with E-state index in [-0.39, 0.29) is 5.78 Å². The molecule has 0 saturated carbocycles. The largest absolute Gasteiger partial charge is 0.289 e. The van der Waals surface area contributed by atoms with Crippen molar-refractivity contribution in [3.05, 3.63) is 76.9 Å². The van der Waals surface area contributed by atoms with E-state index in [2.05, 4.69) is 0 Å². The Morgan fingerprint density at radius 3 is 2.05 bits per heavy atom. The van der Waals surface area contributed by atoms with E-state index in [9.17, 15) is 4.79 Å². The van der Waals surface area contributed by atoms with E-state index in [1.54, 1.807) is 42.5 Å². The minimum atomic E-state index is -0.165. The number of ketones is 1. The monoisotopic (exact) mass is 258 g/mol. The van der Waals surface area contributed by atoms with Gasteiger partial charge in [0.1, 0.15) is 0 Å². The van der Waals surface area contributed by atoms with Crippen molar-refractivity contribution in [2.75, 3.05) is 0 Å². The molecule has 0 spiro atoms. The van der Waals surface area contributed by atoms with Crippen LogP contribution in [0.5, 0.6) is 0 Å². The summed E-state index contributed by atoms with van der Waals surface area (Å²) in [7, 11) is 0. The molecule has 0 unspecified atom stereocenters. The predicted molar refractivity (Wildman–Crippen MR) is 75.7 cm³/mol. The molecular formula is C17H10N2O. The summed E-state index contributed by atoms with van der Waals surface area (Å²) >= 11 is 0.